The first-order chi connectivity index (χ1) is 10.4. The van der Waals surface area contributed by atoms with E-state index in [1.807, 2.05) is 0 Å². The zero-order valence-corrected chi connectivity index (χ0v) is 14.4. The molecule has 1 heterocycles. The lowest BCUT2D eigenvalue weighted by Gasteiger charge is -2.38. The molecule has 1 aromatic carbocycles. The van der Waals surface area contributed by atoms with Crippen LogP contribution in [0.3, 0.4) is 0 Å². The SMILES string of the molecule is C=C1Oc2cc(C(C)(C)CCC)ccc2[C@@H]2CC(C)=CC[C@@H]12. The summed E-state index contributed by atoms with van der Waals surface area (Å²) in [7, 11) is 0. The number of rotatable bonds is 3. The van der Waals surface area contributed by atoms with Crippen molar-refractivity contribution in [2.75, 3.05) is 0 Å². The Balaban J connectivity index is 1.99. The molecule has 1 aliphatic carbocycles. The maximum Gasteiger partial charge on any atom is 0.130 e. The first-order valence-corrected chi connectivity index (χ1v) is 8.59. The van der Waals surface area contributed by atoms with Crippen LogP contribution in [-0.2, 0) is 5.41 Å². The second kappa shape index (κ2) is 5.61. The molecule has 2 aliphatic rings. The molecule has 22 heavy (non-hydrogen) atoms. The molecule has 0 bridgehead atoms. The monoisotopic (exact) mass is 296 g/mol. The van der Waals surface area contributed by atoms with Crippen LogP contribution in [-0.4, -0.2) is 0 Å². The van der Waals surface area contributed by atoms with Crippen LogP contribution in [0.4, 0.5) is 0 Å². The average Bonchev–Trinajstić information content (AvgIpc) is 2.46. The summed E-state index contributed by atoms with van der Waals surface area (Å²) in [5, 5.41) is 0. The molecule has 0 spiro atoms. The summed E-state index contributed by atoms with van der Waals surface area (Å²) >= 11 is 0. The van der Waals surface area contributed by atoms with E-state index in [-0.39, 0.29) is 5.41 Å². The number of benzene rings is 1. The first kappa shape index (κ1) is 15.4. The third-order valence-corrected chi connectivity index (χ3v) is 5.47. The van der Waals surface area contributed by atoms with Crippen molar-refractivity contribution >= 4 is 0 Å². The minimum absolute atomic E-state index is 0.202. The van der Waals surface area contributed by atoms with Gasteiger partial charge in [-0.05, 0) is 48.8 Å². The van der Waals surface area contributed by atoms with Gasteiger partial charge in [0.1, 0.15) is 11.5 Å². The van der Waals surface area contributed by atoms with Crippen molar-refractivity contribution in [2.45, 2.75) is 64.7 Å². The van der Waals surface area contributed by atoms with Crippen molar-refractivity contribution in [3.05, 3.63) is 53.3 Å². The molecule has 1 nitrogen and oxygen atoms in total. The van der Waals surface area contributed by atoms with Crippen molar-refractivity contribution < 1.29 is 4.74 Å². The summed E-state index contributed by atoms with van der Waals surface area (Å²) in [6.45, 7) is 13.3. The number of fused-ring (bicyclic) bond motifs is 3. The van der Waals surface area contributed by atoms with Gasteiger partial charge < -0.3 is 4.74 Å². The van der Waals surface area contributed by atoms with Crippen molar-refractivity contribution in [1.29, 1.82) is 0 Å². The molecule has 3 rings (SSSR count). The van der Waals surface area contributed by atoms with E-state index in [0.717, 1.165) is 24.4 Å². The summed E-state index contributed by atoms with van der Waals surface area (Å²) in [6, 6.07) is 6.89. The molecule has 0 radical (unpaired) electrons. The van der Waals surface area contributed by atoms with Gasteiger partial charge in [0.15, 0.2) is 0 Å². The largest absolute Gasteiger partial charge is 0.462 e. The zero-order chi connectivity index (χ0) is 15.9. The fraction of sp³-hybridized carbons (Fsp3) is 0.524. The highest BCUT2D eigenvalue weighted by Crippen LogP contribution is 2.49. The van der Waals surface area contributed by atoms with Gasteiger partial charge in [-0.3, -0.25) is 0 Å². The van der Waals surface area contributed by atoms with E-state index in [0.29, 0.717) is 11.8 Å². The van der Waals surface area contributed by atoms with E-state index < -0.39 is 0 Å². The number of hydrogen-bond donors (Lipinski definition) is 0. The van der Waals surface area contributed by atoms with Crippen LogP contribution in [0.25, 0.3) is 0 Å². The molecular weight excluding hydrogens is 268 g/mol. The van der Waals surface area contributed by atoms with Crippen LogP contribution in [0.15, 0.2) is 42.2 Å². The molecule has 1 aliphatic heterocycles. The molecule has 2 atom stereocenters. The molecule has 0 saturated heterocycles. The van der Waals surface area contributed by atoms with E-state index >= 15 is 0 Å². The highest BCUT2D eigenvalue weighted by molar-refractivity contribution is 5.47. The van der Waals surface area contributed by atoms with Crippen molar-refractivity contribution in [2.24, 2.45) is 5.92 Å². The van der Waals surface area contributed by atoms with Gasteiger partial charge in [0.2, 0.25) is 0 Å². The van der Waals surface area contributed by atoms with Gasteiger partial charge in [-0.15, -0.1) is 0 Å². The third-order valence-electron chi connectivity index (χ3n) is 5.47. The standard InChI is InChI=1S/C21H28O/c1-6-11-21(4,5)16-8-10-18-19-12-14(2)7-9-17(19)15(3)22-20(18)13-16/h7-8,10,13,17,19H,3,6,9,11-12H2,1-2,4-5H3/t17-,19+/m0/s1. The molecule has 0 saturated carbocycles. The topological polar surface area (TPSA) is 9.23 Å². The second-order valence-electron chi connectivity index (χ2n) is 7.66. The molecule has 0 N–H and O–H groups in total. The lowest BCUT2D eigenvalue weighted by Crippen LogP contribution is -2.26. The van der Waals surface area contributed by atoms with Crippen LogP contribution in [0.1, 0.15) is 70.4 Å². The Morgan fingerprint density at radius 1 is 1.27 bits per heavy atom. The van der Waals surface area contributed by atoms with E-state index in [1.165, 1.54) is 29.5 Å². The molecular formula is C21H28O. The highest BCUT2D eigenvalue weighted by Gasteiger charge is 2.36. The van der Waals surface area contributed by atoms with Crippen molar-refractivity contribution in [3.8, 4) is 5.75 Å². The van der Waals surface area contributed by atoms with E-state index in [9.17, 15) is 0 Å². The number of ether oxygens (including phenoxy) is 1. The Bertz CT molecular complexity index is 621. The van der Waals surface area contributed by atoms with Crippen molar-refractivity contribution in [1.82, 2.24) is 0 Å². The molecule has 0 amide bonds. The van der Waals surface area contributed by atoms with Crippen LogP contribution in [0.2, 0.25) is 0 Å². The minimum Gasteiger partial charge on any atom is -0.462 e. The Morgan fingerprint density at radius 3 is 2.77 bits per heavy atom. The minimum atomic E-state index is 0.202. The normalized spacial score (nSPS) is 24.2. The maximum atomic E-state index is 6.13. The summed E-state index contributed by atoms with van der Waals surface area (Å²) in [4.78, 5) is 0. The van der Waals surface area contributed by atoms with Crippen molar-refractivity contribution in [3.63, 3.8) is 0 Å². The summed E-state index contributed by atoms with van der Waals surface area (Å²) < 4.78 is 6.13. The van der Waals surface area contributed by atoms with E-state index in [2.05, 4.69) is 58.5 Å². The Kier molecular flexibility index (Phi) is 3.92. The fourth-order valence-electron chi connectivity index (χ4n) is 4.08. The van der Waals surface area contributed by atoms with Crippen LogP contribution in [0.5, 0.6) is 5.75 Å². The van der Waals surface area contributed by atoms with Crippen LogP contribution in [0, 0.1) is 5.92 Å². The lowest BCUT2D eigenvalue weighted by atomic mass is 9.72. The molecule has 0 aromatic heterocycles. The number of hydrogen-bond acceptors (Lipinski definition) is 1. The summed E-state index contributed by atoms with van der Waals surface area (Å²) in [5.41, 5.74) is 4.45. The highest BCUT2D eigenvalue weighted by atomic mass is 16.5. The zero-order valence-electron chi connectivity index (χ0n) is 14.4. The van der Waals surface area contributed by atoms with Gasteiger partial charge in [0.25, 0.3) is 0 Å². The molecule has 1 aromatic rings. The Morgan fingerprint density at radius 2 is 2.05 bits per heavy atom. The van der Waals surface area contributed by atoms with E-state index in [4.69, 9.17) is 4.74 Å². The third kappa shape index (κ3) is 2.62. The van der Waals surface area contributed by atoms with Gasteiger partial charge in [0, 0.05) is 11.8 Å². The molecule has 118 valence electrons. The lowest BCUT2D eigenvalue weighted by molar-refractivity contribution is 0.271. The fourth-order valence-corrected chi connectivity index (χ4v) is 4.08. The average molecular weight is 296 g/mol. The van der Waals surface area contributed by atoms with Gasteiger partial charge in [0.05, 0.1) is 0 Å². The first-order valence-electron chi connectivity index (χ1n) is 8.59. The number of allylic oxidation sites excluding steroid dienone is 3. The Labute approximate surface area is 135 Å². The molecule has 1 heteroatoms. The predicted molar refractivity (Wildman–Crippen MR) is 93.4 cm³/mol. The maximum absolute atomic E-state index is 6.13. The molecule has 0 unspecified atom stereocenters. The van der Waals surface area contributed by atoms with Gasteiger partial charge in [-0.25, -0.2) is 0 Å². The Hall–Kier alpha value is -1.50. The van der Waals surface area contributed by atoms with Crippen LogP contribution < -0.4 is 4.74 Å². The predicted octanol–water partition coefficient (Wildman–Crippen LogP) is 6.11. The summed E-state index contributed by atoms with van der Waals surface area (Å²) in [5.74, 6) is 2.99. The van der Waals surface area contributed by atoms with Crippen LogP contribution >= 0.6 is 0 Å². The molecule has 0 fully saturated rings. The second-order valence-corrected chi connectivity index (χ2v) is 7.66. The smallest absolute Gasteiger partial charge is 0.130 e. The van der Waals surface area contributed by atoms with Gasteiger partial charge >= 0.3 is 0 Å². The van der Waals surface area contributed by atoms with E-state index in [1.54, 1.807) is 0 Å². The van der Waals surface area contributed by atoms with Gasteiger partial charge in [-0.2, -0.15) is 0 Å². The quantitative estimate of drug-likeness (QED) is 0.611. The van der Waals surface area contributed by atoms with Gasteiger partial charge in [-0.1, -0.05) is 57.6 Å². The summed E-state index contributed by atoms with van der Waals surface area (Å²) in [6.07, 6.45) is 6.95.